The van der Waals surface area contributed by atoms with Crippen molar-refractivity contribution in [2.75, 3.05) is 0 Å². The van der Waals surface area contributed by atoms with Crippen molar-refractivity contribution in [3.8, 4) is 0 Å². The fraction of sp³-hybridized carbons (Fsp3) is 0.300. The molecule has 0 saturated heterocycles. The SMILES string of the molecule is CCn1nc(C(=O)N/N=C\c2ccc([C@H]3C[C@@H]3C)o2)c2ccccc2c1=O. The van der Waals surface area contributed by atoms with Crippen LogP contribution in [-0.4, -0.2) is 21.9 Å². The summed E-state index contributed by atoms with van der Waals surface area (Å²) >= 11 is 0. The van der Waals surface area contributed by atoms with Crippen molar-refractivity contribution in [3.63, 3.8) is 0 Å². The first-order valence-corrected chi connectivity index (χ1v) is 9.01. The summed E-state index contributed by atoms with van der Waals surface area (Å²) in [5.74, 6) is 2.22. The molecule has 1 aliphatic rings. The first kappa shape index (κ1) is 17.2. The molecule has 0 aliphatic heterocycles. The van der Waals surface area contributed by atoms with Crippen LogP contribution >= 0.6 is 0 Å². The van der Waals surface area contributed by atoms with Crippen LogP contribution < -0.4 is 11.0 Å². The van der Waals surface area contributed by atoms with Crippen LogP contribution in [0, 0.1) is 5.92 Å². The quantitative estimate of drug-likeness (QED) is 0.557. The van der Waals surface area contributed by atoms with E-state index in [2.05, 4.69) is 22.5 Å². The second-order valence-corrected chi connectivity index (χ2v) is 6.77. The molecule has 0 radical (unpaired) electrons. The third-order valence-electron chi connectivity index (χ3n) is 4.86. The molecule has 0 unspecified atom stereocenters. The molecule has 1 aliphatic carbocycles. The van der Waals surface area contributed by atoms with Gasteiger partial charge in [0.2, 0.25) is 0 Å². The van der Waals surface area contributed by atoms with Crippen LogP contribution in [0.2, 0.25) is 0 Å². The number of aromatic nitrogens is 2. The topological polar surface area (TPSA) is 89.5 Å². The fourth-order valence-corrected chi connectivity index (χ4v) is 3.18. The Balaban J connectivity index is 1.55. The maximum atomic E-state index is 12.6. The van der Waals surface area contributed by atoms with E-state index in [1.165, 1.54) is 10.9 Å². The maximum absolute atomic E-state index is 12.6. The molecule has 1 saturated carbocycles. The standard InChI is InChI=1S/C20H20N4O3/c1-3-24-20(26)15-7-5-4-6-14(15)18(23-24)19(25)22-21-11-13-8-9-17(27-13)16-10-12(16)2/h4-9,11-12,16H,3,10H2,1-2H3,(H,22,25)/b21-11-/t12-,16-/m0/s1. The Morgan fingerprint density at radius 1 is 1.33 bits per heavy atom. The molecule has 138 valence electrons. The van der Waals surface area contributed by atoms with E-state index in [4.69, 9.17) is 4.42 Å². The second-order valence-electron chi connectivity index (χ2n) is 6.77. The summed E-state index contributed by atoms with van der Waals surface area (Å²) in [5.41, 5.74) is 2.41. The maximum Gasteiger partial charge on any atom is 0.292 e. The Kier molecular flexibility index (Phi) is 4.35. The number of furan rings is 1. The van der Waals surface area contributed by atoms with Crippen LogP contribution in [0.1, 0.15) is 48.2 Å². The number of hydrazone groups is 1. The molecule has 1 amide bonds. The lowest BCUT2D eigenvalue weighted by Gasteiger charge is -2.08. The first-order chi connectivity index (χ1) is 13.1. The van der Waals surface area contributed by atoms with Crippen molar-refractivity contribution in [2.45, 2.75) is 32.7 Å². The number of fused-ring (bicyclic) bond motifs is 1. The van der Waals surface area contributed by atoms with Crippen LogP contribution in [0.15, 0.2) is 50.7 Å². The van der Waals surface area contributed by atoms with Crippen molar-refractivity contribution in [3.05, 3.63) is 64.0 Å². The highest BCUT2D eigenvalue weighted by molar-refractivity contribution is 6.04. The zero-order valence-corrected chi connectivity index (χ0v) is 15.2. The summed E-state index contributed by atoms with van der Waals surface area (Å²) in [6.45, 7) is 4.37. The number of carbonyl (C=O) groups excluding carboxylic acids is 1. The number of rotatable bonds is 5. The fourth-order valence-electron chi connectivity index (χ4n) is 3.18. The number of hydrogen-bond donors (Lipinski definition) is 1. The summed E-state index contributed by atoms with van der Waals surface area (Å²) in [6, 6.07) is 10.7. The van der Waals surface area contributed by atoms with Crippen LogP contribution in [0.3, 0.4) is 0 Å². The molecule has 2 atom stereocenters. The lowest BCUT2D eigenvalue weighted by Crippen LogP contribution is -2.28. The Morgan fingerprint density at radius 3 is 2.78 bits per heavy atom. The zero-order chi connectivity index (χ0) is 19.0. The molecule has 0 bridgehead atoms. The van der Waals surface area contributed by atoms with Crippen molar-refractivity contribution in [2.24, 2.45) is 11.0 Å². The molecule has 27 heavy (non-hydrogen) atoms. The highest BCUT2D eigenvalue weighted by Gasteiger charge is 2.36. The predicted octanol–water partition coefficient (Wildman–Crippen LogP) is 2.90. The van der Waals surface area contributed by atoms with Crippen LogP contribution in [0.5, 0.6) is 0 Å². The minimum Gasteiger partial charge on any atom is -0.460 e. The molecule has 2 heterocycles. The van der Waals surface area contributed by atoms with E-state index in [-0.39, 0.29) is 11.3 Å². The van der Waals surface area contributed by atoms with Gasteiger partial charge in [-0.3, -0.25) is 9.59 Å². The van der Waals surface area contributed by atoms with Crippen molar-refractivity contribution < 1.29 is 9.21 Å². The molecule has 7 nitrogen and oxygen atoms in total. The van der Waals surface area contributed by atoms with Gasteiger partial charge in [0, 0.05) is 17.8 Å². The van der Waals surface area contributed by atoms with Gasteiger partial charge < -0.3 is 4.42 Å². The van der Waals surface area contributed by atoms with Crippen molar-refractivity contribution >= 4 is 22.9 Å². The average molecular weight is 364 g/mol. The Morgan fingerprint density at radius 2 is 2.07 bits per heavy atom. The zero-order valence-electron chi connectivity index (χ0n) is 15.2. The Bertz CT molecular complexity index is 1100. The molecule has 1 N–H and O–H groups in total. The lowest BCUT2D eigenvalue weighted by atomic mass is 10.1. The van der Waals surface area contributed by atoms with Gasteiger partial charge in [0.25, 0.3) is 11.5 Å². The smallest absolute Gasteiger partial charge is 0.292 e. The van der Waals surface area contributed by atoms with Gasteiger partial charge >= 0.3 is 0 Å². The lowest BCUT2D eigenvalue weighted by molar-refractivity contribution is 0.0949. The van der Waals surface area contributed by atoms with Crippen molar-refractivity contribution in [1.29, 1.82) is 0 Å². The molecule has 2 aromatic heterocycles. The van der Waals surface area contributed by atoms with Crippen LogP contribution in [0.25, 0.3) is 10.8 Å². The molecule has 3 aromatic rings. The summed E-state index contributed by atoms with van der Waals surface area (Å²) in [7, 11) is 0. The summed E-state index contributed by atoms with van der Waals surface area (Å²) in [4.78, 5) is 24.9. The number of carbonyl (C=O) groups is 1. The van der Waals surface area contributed by atoms with Gasteiger partial charge in [-0.05, 0) is 37.5 Å². The van der Waals surface area contributed by atoms with Gasteiger partial charge in [0.05, 0.1) is 11.6 Å². The van der Waals surface area contributed by atoms with E-state index in [9.17, 15) is 9.59 Å². The highest BCUT2D eigenvalue weighted by atomic mass is 16.3. The molecule has 1 fully saturated rings. The first-order valence-electron chi connectivity index (χ1n) is 9.01. The van der Waals surface area contributed by atoms with E-state index in [1.54, 1.807) is 31.2 Å². The van der Waals surface area contributed by atoms with E-state index < -0.39 is 5.91 Å². The molecule has 7 heteroatoms. The van der Waals surface area contributed by atoms with Gasteiger partial charge in [-0.25, -0.2) is 10.1 Å². The number of benzene rings is 1. The predicted molar refractivity (Wildman–Crippen MR) is 102 cm³/mol. The molecular formula is C20H20N4O3. The number of nitrogens with one attached hydrogen (secondary N) is 1. The number of hydrogen-bond acceptors (Lipinski definition) is 5. The van der Waals surface area contributed by atoms with Gasteiger partial charge in [0.15, 0.2) is 5.69 Å². The molecule has 0 spiro atoms. The van der Waals surface area contributed by atoms with Crippen LogP contribution in [0.4, 0.5) is 0 Å². The highest BCUT2D eigenvalue weighted by Crippen LogP contribution is 2.47. The Hall–Kier alpha value is -3.22. The molecule has 4 rings (SSSR count). The normalized spacial score (nSPS) is 18.9. The van der Waals surface area contributed by atoms with Gasteiger partial charge in [0.1, 0.15) is 11.5 Å². The summed E-state index contributed by atoms with van der Waals surface area (Å²) in [6.07, 6.45) is 2.61. The monoisotopic (exact) mass is 364 g/mol. The number of amides is 1. The molecule has 1 aromatic carbocycles. The minimum atomic E-state index is -0.479. The van der Waals surface area contributed by atoms with Gasteiger partial charge in [-0.2, -0.15) is 10.2 Å². The van der Waals surface area contributed by atoms with Crippen molar-refractivity contribution in [1.82, 2.24) is 15.2 Å². The average Bonchev–Trinajstić information content (AvgIpc) is 3.22. The van der Waals surface area contributed by atoms with Gasteiger partial charge in [-0.1, -0.05) is 25.1 Å². The second kappa shape index (κ2) is 6.83. The van der Waals surface area contributed by atoms with E-state index in [0.29, 0.717) is 34.9 Å². The number of nitrogens with zero attached hydrogens (tertiary/aromatic N) is 3. The summed E-state index contributed by atoms with van der Waals surface area (Å²) in [5, 5.41) is 9.11. The van der Waals surface area contributed by atoms with E-state index >= 15 is 0 Å². The third-order valence-corrected chi connectivity index (χ3v) is 4.86. The van der Waals surface area contributed by atoms with Crippen LogP contribution in [-0.2, 0) is 6.54 Å². The molecular weight excluding hydrogens is 344 g/mol. The Labute approximate surface area is 155 Å². The van der Waals surface area contributed by atoms with E-state index in [1.807, 2.05) is 12.1 Å². The van der Waals surface area contributed by atoms with E-state index in [0.717, 1.165) is 12.2 Å². The summed E-state index contributed by atoms with van der Waals surface area (Å²) < 4.78 is 7.00. The minimum absolute atomic E-state index is 0.163. The largest absolute Gasteiger partial charge is 0.460 e. The third kappa shape index (κ3) is 3.28. The number of aryl methyl sites for hydroxylation is 1. The van der Waals surface area contributed by atoms with Gasteiger partial charge in [-0.15, -0.1) is 0 Å².